The van der Waals surface area contributed by atoms with Gasteiger partial charge in [0.15, 0.2) is 16.1 Å². The monoisotopic (exact) mass is 807 g/mol. The van der Waals surface area contributed by atoms with Crippen LogP contribution in [0.25, 0.3) is 33.2 Å². The van der Waals surface area contributed by atoms with E-state index in [9.17, 15) is 22.8 Å². The first kappa shape index (κ1) is 39.9. The number of nitrogens with one attached hydrogen (secondary N) is 1. The number of fused-ring (bicyclic) bond motifs is 5. The Morgan fingerprint density at radius 2 is 1.74 bits per heavy atom. The number of sulfone groups is 1. The number of rotatable bonds is 9. The van der Waals surface area contributed by atoms with Crippen LogP contribution in [0.3, 0.4) is 0 Å². The molecule has 57 heavy (non-hydrogen) atoms. The first-order valence-electron chi connectivity index (χ1n) is 19.0. The number of carbonyl (C=O) groups excluding carboxylic acids is 3. The van der Waals surface area contributed by atoms with Gasteiger partial charge < -0.3 is 20.5 Å². The summed E-state index contributed by atoms with van der Waals surface area (Å²) in [7, 11) is -2.03. The van der Waals surface area contributed by atoms with Crippen LogP contribution in [0.2, 0.25) is 0 Å². The number of allylic oxidation sites excluding steroid dienone is 3. The summed E-state index contributed by atoms with van der Waals surface area (Å²) in [5.41, 5.74) is 16.4. The second-order valence-electron chi connectivity index (χ2n) is 14.1. The van der Waals surface area contributed by atoms with Crippen LogP contribution in [-0.2, 0) is 53.0 Å². The van der Waals surface area contributed by atoms with Crippen molar-refractivity contribution in [1.82, 2.24) is 5.32 Å². The summed E-state index contributed by atoms with van der Waals surface area (Å²) in [6, 6.07) is 25.5. The Balaban J connectivity index is 0.000000356. The molecule has 4 aromatic rings. The van der Waals surface area contributed by atoms with Crippen molar-refractivity contribution in [2.75, 3.05) is 25.3 Å². The molecular formula is C44H45N3O8S2. The van der Waals surface area contributed by atoms with Gasteiger partial charge in [0.2, 0.25) is 5.91 Å². The van der Waals surface area contributed by atoms with Crippen LogP contribution in [0.15, 0.2) is 96.4 Å². The first-order chi connectivity index (χ1) is 27.6. The van der Waals surface area contributed by atoms with E-state index in [1.807, 2.05) is 24.3 Å². The molecule has 3 aromatic carbocycles. The highest BCUT2D eigenvalue weighted by Gasteiger charge is 2.27. The number of methoxy groups -OCH3 is 1. The van der Waals surface area contributed by atoms with Crippen LogP contribution in [0.4, 0.5) is 10.5 Å². The Bertz CT molecular complexity index is 2360. The summed E-state index contributed by atoms with van der Waals surface area (Å²) in [5, 5.41) is 4.00. The third-order valence-corrected chi connectivity index (χ3v) is 13.3. The number of ether oxygens (including phenoxy) is 2. The average Bonchev–Trinajstić information content (AvgIpc) is 3.73. The van der Waals surface area contributed by atoms with E-state index in [0.717, 1.165) is 54.4 Å². The summed E-state index contributed by atoms with van der Waals surface area (Å²) < 4.78 is 32.7. The lowest BCUT2D eigenvalue weighted by molar-refractivity contribution is -0.177. The molecule has 3 heterocycles. The highest BCUT2D eigenvalue weighted by atomic mass is 32.2. The number of nitrogens with two attached hydrogens (primary N) is 1. The predicted octanol–water partition coefficient (Wildman–Crippen LogP) is 7.54. The molecule has 2 atom stereocenters. The van der Waals surface area contributed by atoms with Crippen molar-refractivity contribution in [2.45, 2.75) is 62.9 Å². The van der Waals surface area contributed by atoms with E-state index < -0.39 is 39.3 Å². The maximum Gasteiger partial charge on any atom is 0.407 e. The Labute approximate surface area is 336 Å². The van der Waals surface area contributed by atoms with E-state index in [4.69, 9.17) is 15.3 Å². The van der Waals surface area contributed by atoms with Gasteiger partial charge in [0.1, 0.15) is 6.54 Å². The minimum absolute atomic E-state index is 0.150. The lowest BCUT2D eigenvalue weighted by Gasteiger charge is -2.29. The van der Waals surface area contributed by atoms with Crippen LogP contribution < -0.4 is 16.1 Å². The highest BCUT2D eigenvalue weighted by Crippen LogP contribution is 2.42. The van der Waals surface area contributed by atoms with Crippen molar-refractivity contribution >= 4 is 56.4 Å². The molecule has 0 saturated carbocycles. The lowest BCUT2D eigenvalue weighted by Crippen LogP contribution is -2.43. The molecule has 2 unspecified atom stereocenters. The van der Waals surface area contributed by atoms with Gasteiger partial charge in [-0.1, -0.05) is 72.8 Å². The fourth-order valence-electron chi connectivity index (χ4n) is 7.51. The summed E-state index contributed by atoms with van der Waals surface area (Å²) in [6.07, 6.45) is 12.4. The summed E-state index contributed by atoms with van der Waals surface area (Å²) in [4.78, 5) is 43.7. The zero-order valence-electron chi connectivity index (χ0n) is 31.6. The number of carbonyl (C=O) groups is 3. The highest BCUT2D eigenvalue weighted by molar-refractivity contribution is 7.95. The second-order valence-corrected chi connectivity index (χ2v) is 17.3. The van der Waals surface area contributed by atoms with Gasteiger partial charge in [-0.05, 0) is 107 Å². The van der Waals surface area contributed by atoms with Crippen LogP contribution in [0, 0.1) is 0 Å². The van der Waals surface area contributed by atoms with Gasteiger partial charge in [0, 0.05) is 34.6 Å². The van der Waals surface area contributed by atoms with E-state index in [1.165, 1.54) is 68.2 Å². The fraction of sp³-hybridized carbons (Fsp3) is 0.295. The number of primary amides is 1. The molecule has 3 N–H and O–H groups in total. The number of benzene rings is 3. The van der Waals surface area contributed by atoms with Gasteiger partial charge in [-0.25, -0.2) is 18.0 Å². The van der Waals surface area contributed by atoms with E-state index >= 15 is 0 Å². The Morgan fingerprint density at radius 1 is 0.912 bits per heavy atom. The number of aryl methyl sites for hydroxylation is 1. The van der Waals surface area contributed by atoms with Gasteiger partial charge in [-0.2, -0.15) is 5.06 Å². The van der Waals surface area contributed by atoms with Gasteiger partial charge in [0.25, 0.3) is 5.91 Å². The van der Waals surface area contributed by atoms with Crippen molar-refractivity contribution in [3.05, 3.63) is 124 Å². The third kappa shape index (κ3) is 9.45. The van der Waals surface area contributed by atoms with Crippen LogP contribution in [-0.4, -0.2) is 58.1 Å². The van der Waals surface area contributed by atoms with Crippen LogP contribution in [0.1, 0.15) is 59.2 Å². The molecule has 2 aliphatic heterocycles. The van der Waals surface area contributed by atoms with Crippen molar-refractivity contribution in [2.24, 2.45) is 5.73 Å². The van der Waals surface area contributed by atoms with E-state index in [2.05, 4.69) is 64.7 Å². The molecule has 1 aromatic heterocycles. The van der Waals surface area contributed by atoms with Crippen LogP contribution in [0.5, 0.6) is 0 Å². The molecule has 11 nitrogen and oxygen atoms in total. The molecular weight excluding hydrogens is 763 g/mol. The molecule has 8 rings (SSSR count). The fourth-order valence-corrected chi connectivity index (χ4v) is 9.77. The molecule has 2 aliphatic carbocycles. The van der Waals surface area contributed by atoms with Crippen molar-refractivity contribution in [3.8, 4) is 21.6 Å². The molecule has 0 spiro atoms. The summed E-state index contributed by atoms with van der Waals surface area (Å²) >= 11 is 1.76. The maximum absolute atomic E-state index is 13.2. The summed E-state index contributed by atoms with van der Waals surface area (Å²) in [5.74, 6) is -1.03. The number of hydroxylamine groups is 1. The van der Waals surface area contributed by atoms with E-state index in [-0.39, 0.29) is 13.0 Å². The number of alkyl carbamates (subject to hydrolysis) is 1. The maximum atomic E-state index is 13.2. The van der Waals surface area contributed by atoms with Crippen LogP contribution >= 0.6 is 11.3 Å². The topological polar surface area (TPSA) is 154 Å². The first-order valence-corrected chi connectivity index (χ1v) is 21.5. The van der Waals surface area contributed by atoms with Gasteiger partial charge in [0.05, 0.1) is 18.0 Å². The number of thiophene rings is 1. The van der Waals surface area contributed by atoms with E-state index in [1.54, 1.807) is 17.4 Å². The Kier molecular flexibility index (Phi) is 12.5. The lowest BCUT2D eigenvalue weighted by atomic mass is 9.78. The number of nitrogens with zero attached hydrogens (tertiary/aromatic N) is 1. The molecule has 3 amide bonds. The van der Waals surface area contributed by atoms with Crippen molar-refractivity contribution < 1.29 is 37.1 Å². The average molecular weight is 808 g/mol. The Hall–Kier alpha value is -5.34. The zero-order chi connectivity index (χ0) is 39.9. The second kappa shape index (κ2) is 17.9. The third-order valence-electron chi connectivity index (χ3n) is 10.4. The van der Waals surface area contributed by atoms with Crippen molar-refractivity contribution in [1.29, 1.82) is 0 Å². The smallest absolute Gasteiger partial charge is 0.407 e. The molecule has 13 heteroatoms. The number of amides is 3. The minimum Gasteiger partial charge on any atom is -0.453 e. The Morgan fingerprint density at radius 3 is 2.53 bits per heavy atom. The van der Waals surface area contributed by atoms with Gasteiger partial charge in [-0.3, -0.25) is 9.59 Å². The predicted molar refractivity (Wildman–Crippen MR) is 223 cm³/mol. The molecule has 4 aliphatic rings. The normalized spacial score (nSPS) is 18.7. The largest absolute Gasteiger partial charge is 0.453 e. The quantitative estimate of drug-likeness (QED) is 0.165. The van der Waals surface area contributed by atoms with E-state index in [0.29, 0.717) is 18.7 Å². The molecule has 0 radical (unpaired) electrons. The summed E-state index contributed by atoms with van der Waals surface area (Å²) in [6.45, 7) is 0.319. The number of hydrogen-bond donors (Lipinski definition) is 2. The van der Waals surface area contributed by atoms with Gasteiger partial charge >= 0.3 is 6.09 Å². The minimum atomic E-state index is -3.29. The molecule has 1 fully saturated rings. The number of hydrogen-bond acceptors (Lipinski definition) is 9. The van der Waals surface area contributed by atoms with Gasteiger partial charge in [-0.15, -0.1) is 11.3 Å². The van der Waals surface area contributed by atoms with Crippen molar-refractivity contribution in [3.63, 3.8) is 0 Å². The number of anilines is 1. The SMILES string of the molecule is COC(=O)NCC(=O)N(OC1CCCCO1)c1cccc(-c2ccc(C3=Cc4ccc5c(c4CC3)CCc3ccccc3-5)s2)c1.NC(=O)CC1C=CC=CS1(=O)=O. The molecule has 0 bridgehead atoms. The standard InChI is InChI=1S/C37H36N2O5S.C7H9NO3S/c1-42-37(41)38-23-35(40)39(44-36-11-4-5-20-43-36)28-9-6-8-26(22-28)33-18-19-34(45-33)27-14-15-30-25(21-27)13-17-31-29-10-3-2-7-24(29)12-16-32(30)31;8-7(9)5-6-3-1-2-4-12(6,10)11/h2-3,6-10,13,17-19,21-22,36H,4-5,11-12,14-16,20,23H2,1H3,(H,38,41);1-4,6H,5H2,(H2,8,9). The molecule has 1 saturated heterocycles. The molecule has 296 valence electrons. The zero-order valence-corrected chi connectivity index (χ0v) is 33.3.